The molecule has 0 saturated carbocycles. The molecule has 2 aromatic rings. The Morgan fingerprint density at radius 1 is 0.971 bits per heavy atom. The highest BCUT2D eigenvalue weighted by atomic mass is 19.4. The molecular weight excluding hydrogens is 457 g/mol. The minimum atomic E-state index is -4.10. The number of amides is 2. The van der Waals surface area contributed by atoms with E-state index < -0.39 is 12.1 Å². The van der Waals surface area contributed by atoms with Crippen LogP contribution >= 0.6 is 0 Å². The van der Waals surface area contributed by atoms with Gasteiger partial charge in [0.15, 0.2) is 0 Å². The normalized spacial score (nSPS) is 19.5. The molecule has 1 atom stereocenters. The Morgan fingerprint density at radius 3 is 2.14 bits per heavy atom. The number of halogens is 3. The summed E-state index contributed by atoms with van der Waals surface area (Å²) in [5, 5.41) is 6.28. The number of hydrogen-bond acceptors (Lipinski definition) is 4. The van der Waals surface area contributed by atoms with Gasteiger partial charge in [0.1, 0.15) is 0 Å². The molecule has 1 unspecified atom stereocenters. The van der Waals surface area contributed by atoms with Gasteiger partial charge in [-0.1, -0.05) is 12.1 Å². The van der Waals surface area contributed by atoms with Crippen molar-refractivity contribution in [2.45, 2.75) is 38.4 Å². The standard InChI is InChI=1S/C26H31F3N4O2/c1-32-17-19(4-11-24(32)34)25(35)30-16-18-2-5-21(6-3-18)31-22-7-9-23(10-8-22)33-14-12-20(13-15-33)26(27,28)29/h2-3,5-10,19-20,31H,4,11-17H2,1H3,(H,30,35). The van der Waals surface area contributed by atoms with E-state index in [4.69, 9.17) is 0 Å². The van der Waals surface area contributed by atoms with E-state index in [0.29, 0.717) is 39.0 Å². The molecule has 9 heteroatoms. The molecule has 188 valence electrons. The quantitative estimate of drug-likeness (QED) is 0.619. The van der Waals surface area contributed by atoms with Crippen LogP contribution in [0.2, 0.25) is 0 Å². The van der Waals surface area contributed by atoms with Crippen molar-refractivity contribution in [3.63, 3.8) is 0 Å². The smallest absolute Gasteiger partial charge is 0.372 e. The Labute approximate surface area is 203 Å². The fraction of sp³-hybridized carbons (Fsp3) is 0.462. The van der Waals surface area contributed by atoms with E-state index in [1.165, 1.54) is 0 Å². The number of likely N-dealkylation sites (tertiary alicyclic amines) is 1. The van der Waals surface area contributed by atoms with E-state index in [1.54, 1.807) is 11.9 Å². The molecule has 35 heavy (non-hydrogen) atoms. The number of benzene rings is 2. The summed E-state index contributed by atoms with van der Waals surface area (Å²) in [7, 11) is 1.72. The molecule has 0 aromatic heterocycles. The third-order valence-corrected chi connectivity index (χ3v) is 6.90. The molecule has 0 bridgehead atoms. The summed E-state index contributed by atoms with van der Waals surface area (Å²) in [6, 6.07) is 15.5. The highest BCUT2D eigenvalue weighted by Crippen LogP contribution is 2.35. The van der Waals surface area contributed by atoms with Crippen LogP contribution in [0.4, 0.5) is 30.2 Å². The van der Waals surface area contributed by atoms with Crippen molar-refractivity contribution in [1.82, 2.24) is 10.2 Å². The van der Waals surface area contributed by atoms with Crippen molar-refractivity contribution in [1.29, 1.82) is 0 Å². The van der Waals surface area contributed by atoms with Crippen LogP contribution in [-0.2, 0) is 16.1 Å². The molecule has 0 radical (unpaired) electrons. The number of carbonyl (C=O) groups excluding carboxylic acids is 2. The molecule has 2 saturated heterocycles. The van der Waals surface area contributed by atoms with Crippen LogP contribution in [0.3, 0.4) is 0 Å². The van der Waals surface area contributed by atoms with Gasteiger partial charge in [0.05, 0.1) is 11.8 Å². The first-order valence-electron chi connectivity index (χ1n) is 12.0. The van der Waals surface area contributed by atoms with Gasteiger partial charge in [0.25, 0.3) is 0 Å². The number of hydrogen-bond donors (Lipinski definition) is 2. The summed E-state index contributed by atoms with van der Waals surface area (Å²) in [6.07, 6.45) is -2.84. The predicted octanol–water partition coefficient (Wildman–Crippen LogP) is 4.69. The maximum absolute atomic E-state index is 12.9. The molecule has 2 aromatic carbocycles. The second kappa shape index (κ2) is 10.6. The van der Waals surface area contributed by atoms with E-state index in [-0.39, 0.29) is 30.6 Å². The summed E-state index contributed by atoms with van der Waals surface area (Å²) >= 11 is 0. The Morgan fingerprint density at radius 2 is 1.57 bits per heavy atom. The number of nitrogens with one attached hydrogen (secondary N) is 2. The van der Waals surface area contributed by atoms with E-state index in [9.17, 15) is 22.8 Å². The molecule has 0 aliphatic carbocycles. The van der Waals surface area contributed by atoms with Gasteiger partial charge in [-0.3, -0.25) is 9.59 Å². The summed E-state index contributed by atoms with van der Waals surface area (Å²) in [5.41, 5.74) is 3.68. The minimum Gasteiger partial charge on any atom is -0.372 e. The Bertz CT molecular complexity index is 1020. The molecule has 6 nitrogen and oxygen atoms in total. The first kappa shape index (κ1) is 24.9. The lowest BCUT2D eigenvalue weighted by Crippen LogP contribution is -2.43. The van der Waals surface area contributed by atoms with Gasteiger partial charge in [-0.15, -0.1) is 0 Å². The van der Waals surface area contributed by atoms with E-state index >= 15 is 0 Å². The molecule has 2 amide bonds. The molecular formula is C26H31F3N4O2. The largest absolute Gasteiger partial charge is 0.391 e. The van der Waals surface area contributed by atoms with E-state index in [2.05, 4.69) is 10.6 Å². The monoisotopic (exact) mass is 488 g/mol. The summed E-state index contributed by atoms with van der Waals surface area (Å²) < 4.78 is 38.6. The number of rotatable bonds is 6. The lowest BCUT2D eigenvalue weighted by Gasteiger charge is -2.34. The van der Waals surface area contributed by atoms with Gasteiger partial charge in [0, 0.05) is 56.7 Å². The predicted molar refractivity (Wildman–Crippen MR) is 129 cm³/mol. The number of piperidine rings is 2. The summed E-state index contributed by atoms with van der Waals surface area (Å²) in [6.45, 7) is 1.69. The van der Waals surface area contributed by atoms with Crippen LogP contribution in [-0.4, -0.2) is 49.6 Å². The first-order chi connectivity index (χ1) is 16.7. The summed E-state index contributed by atoms with van der Waals surface area (Å²) in [5.74, 6) is -1.32. The average Bonchev–Trinajstić information content (AvgIpc) is 2.85. The number of nitrogens with zero attached hydrogens (tertiary/aromatic N) is 2. The van der Waals surface area contributed by atoms with Gasteiger partial charge < -0.3 is 20.4 Å². The van der Waals surface area contributed by atoms with Crippen LogP contribution in [0.15, 0.2) is 48.5 Å². The topological polar surface area (TPSA) is 64.7 Å². The van der Waals surface area contributed by atoms with Crippen LogP contribution in [0, 0.1) is 11.8 Å². The summed E-state index contributed by atoms with van der Waals surface area (Å²) in [4.78, 5) is 27.6. The van der Waals surface area contributed by atoms with Gasteiger partial charge >= 0.3 is 6.18 Å². The van der Waals surface area contributed by atoms with Crippen molar-refractivity contribution in [3.05, 3.63) is 54.1 Å². The van der Waals surface area contributed by atoms with Crippen LogP contribution < -0.4 is 15.5 Å². The highest BCUT2D eigenvalue weighted by Gasteiger charge is 2.41. The number of alkyl halides is 3. The maximum Gasteiger partial charge on any atom is 0.391 e. The Hall–Kier alpha value is -3.23. The number of carbonyl (C=O) groups is 2. The first-order valence-corrected chi connectivity index (χ1v) is 12.0. The van der Waals surface area contributed by atoms with Crippen molar-refractivity contribution in [2.75, 3.05) is 36.9 Å². The van der Waals surface area contributed by atoms with Crippen LogP contribution in [0.25, 0.3) is 0 Å². The third-order valence-electron chi connectivity index (χ3n) is 6.90. The molecule has 2 aliphatic rings. The van der Waals surface area contributed by atoms with Crippen molar-refractivity contribution >= 4 is 28.9 Å². The maximum atomic E-state index is 12.9. The fourth-order valence-corrected chi connectivity index (χ4v) is 4.65. The fourth-order valence-electron chi connectivity index (χ4n) is 4.65. The molecule has 2 heterocycles. The van der Waals surface area contributed by atoms with Crippen molar-refractivity contribution < 1.29 is 22.8 Å². The van der Waals surface area contributed by atoms with Crippen LogP contribution in [0.5, 0.6) is 0 Å². The lowest BCUT2D eigenvalue weighted by molar-refractivity contribution is -0.179. The van der Waals surface area contributed by atoms with Gasteiger partial charge in [-0.25, -0.2) is 0 Å². The Balaban J connectivity index is 1.24. The molecule has 4 rings (SSSR count). The highest BCUT2D eigenvalue weighted by molar-refractivity contribution is 5.83. The average molecular weight is 489 g/mol. The molecule has 2 aliphatic heterocycles. The van der Waals surface area contributed by atoms with Crippen LogP contribution in [0.1, 0.15) is 31.2 Å². The Kier molecular flexibility index (Phi) is 7.52. The van der Waals surface area contributed by atoms with E-state index in [0.717, 1.165) is 22.6 Å². The molecule has 0 spiro atoms. The van der Waals surface area contributed by atoms with Crippen molar-refractivity contribution in [2.24, 2.45) is 11.8 Å². The molecule has 2 fully saturated rings. The van der Waals surface area contributed by atoms with Gasteiger partial charge in [-0.05, 0) is 61.2 Å². The zero-order valence-corrected chi connectivity index (χ0v) is 19.8. The van der Waals surface area contributed by atoms with E-state index in [1.807, 2.05) is 53.4 Å². The van der Waals surface area contributed by atoms with Gasteiger partial charge in [-0.2, -0.15) is 13.2 Å². The zero-order chi connectivity index (χ0) is 25.0. The molecule has 2 N–H and O–H groups in total. The second-order valence-corrected chi connectivity index (χ2v) is 9.40. The lowest BCUT2D eigenvalue weighted by atomic mass is 9.96. The second-order valence-electron chi connectivity index (χ2n) is 9.40. The zero-order valence-electron chi connectivity index (χ0n) is 19.8. The SMILES string of the molecule is CN1CC(C(=O)NCc2ccc(Nc3ccc(N4CCC(C(F)(F)F)CC4)cc3)cc2)CCC1=O. The van der Waals surface area contributed by atoms with Gasteiger partial charge in [0.2, 0.25) is 11.8 Å². The number of anilines is 3. The minimum absolute atomic E-state index is 0.0331. The van der Waals surface area contributed by atoms with Crippen molar-refractivity contribution in [3.8, 4) is 0 Å². The third kappa shape index (κ3) is 6.46.